The number of carbonyl (C=O) groups is 1. The molecule has 1 saturated heterocycles. The van der Waals surface area contributed by atoms with Crippen molar-refractivity contribution < 1.29 is 14.3 Å². The van der Waals surface area contributed by atoms with Gasteiger partial charge in [0.15, 0.2) is 0 Å². The summed E-state index contributed by atoms with van der Waals surface area (Å²) in [6.45, 7) is 6.22. The van der Waals surface area contributed by atoms with E-state index in [9.17, 15) is 14.3 Å². The van der Waals surface area contributed by atoms with Crippen molar-refractivity contribution in [1.29, 1.82) is 0 Å². The summed E-state index contributed by atoms with van der Waals surface area (Å²) in [6.07, 6.45) is 0.734. The highest BCUT2D eigenvalue weighted by molar-refractivity contribution is 6.30. The molecule has 1 aromatic rings. The molecular formula is C16H22ClFN2O2. The fourth-order valence-corrected chi connectivity index (χ4v) is 3.41. The van der Waals surface area contributed by atoms with Crippen molar-refractivity contribution in [1.82, 2.24) is 5.32 Å². The Bertz CT molecular complexity index is 554. The minimum Gasteiger partial charge on any atom is -0.480 e. The van der Waals surface area contributed by atoms with Gasteiger partial charge in [0.05, 0.1) is 0 Å². The van der Waals surface area contributed by atoms with Crippen molar-refractivity contribution in [2.24, 2.45) is 11.1 Å². The lowest BCUT2D eigenvalue weighted by Gasteiger charge is -2.27. The van der Waals surface area contributed by atoms with Crippen LogP contribution in [0.5, 0.6) is 0 Å². The number of carboxylic acid groups (broad SMARTS) is 1. The number of nitrogens with two attached hydrogens (primary N) is 1. The molecule has 1 aliphatic rings. The number of rotatable bonds is 3. The van der Waals surface area contributed by atoms with Crippen molar-refractivity contribution in [3.63, 3.8) is 0 Å². The van der Waals surface area contributed by atoms with Crippen LogP contribution in [0.1, 0.15) is 38.7 Å². The summed E-state index contributed by atoms with van der Waals surface area (Å²) in [4.78, 5) is 11.6. The van der Waals surface area contributed by atoms with Crippen molar-refractivity contribution in [2.75, 3.05) is 0 Å². The zero-order valence-corrected chi connectivity index (χ0v) is 13.7. The van der Waals surface area contributed by atoms with E-state index in [4.69, 9.17) is 17.3 Å². The normalized spacial score (nSPS) is 28.8. The second-order valence-electron chi connectivity index (χ2n) is 7.16. The van der Waals surface area contributed by atoms with Gasteiger partial charge >= 0.3 is 5.97 Å². The highest BCUT2D eigenvalue weighted by Gasteiger charge is 2.46. The molecule has 0 aromatic heterocycles. The number of benzene rings is 1. The van der Waals surface area contributed by atoms with Gasteiger partial charge in [-0.2, -0.15) is 0 Å². The molecular weight excluding hydrogens is 307 g/mol. The fourth-order valence-electron chi connectivity index (χ4n) is 3.18. The Morgan fingerprint density at radius 3 is 2.55 bits per heavy atom. The van der Waals surface area contributed by atoms with E-state index in [0.717, 1.165) is 6.42 Å². The monoisotopic (exact) mass is 328 g/mol. The van der Waals surface area contributed by atoms with E-state index >= 15 is 0 Å². The molecule has 6 heteroatoms. The largest absolute Gasteiger partial charge is 0.480 e. The van der Waals surface area contributed by atoms with Crippen LogP contribution in [-0.2, 0) is 4.79 Å². The Balaban J connectivity index is 2.36. The maximum absolute atomic E-state index is 13.6. The number of halogens is 2. The third-order valence-corrected chi connectivity index (χ3v) is 4.22. The first kappa shape index (κ1) is 17.2. The van der Waals surface area contributed by atoms with Gasteiger partial charge in [-0.1, -0.05) is 32.4 Å². The van der Waals surface area contributed by atoms with E-state index in [1.54, 1.807) is 6.07 Å². The predicted octanol–water partition coefficient (Wildman–Crippen LogP) is 2.75. The summed E-state index contributed by atoms with van der Waals surface area (Å²) in [6, 6.07) is 2.69. The molecule has 4 nitrogen and oxygen atoms in total. The van der Waals surface area contributed by atoms with E-state index in [2.05, 4.69) is 26.1 Å². The predicted molar refractivity (Wildman–Crippen MR) is 84.5 cm³/mol. The second-order valence-corrected chi connectivity index (χ2v) is 7.60. The Morgan fingerprint density at radius 1 is 1.41 bits per heavy atom. The molecule has 1 aliphatic heterocycles. The van der Waals surface area contributed by atoms with Gasteiger partial charge in [-0.15, -0.1) is 0 Å². The fraction of sp³-hybridized carbons (Fsp3) is 0.562. The van der Waals surface area contributed by atoms with Gasteiger partial charge in [0.25, 0.3) is 0 Å². The van der Waals surface area contributed by atoms with Crippen LogP contribution in [0, 0.1) is 11.2 Å². The molecule has 1 heterocycles. The van der Waals surface area contributed by atoms with Crippen LogP contribution in [0.25, 0.3) is 0 Å². The van der Waals surface area contributed by atoms with E-state index in [1.165, 1.54) is 12.1 Å². The summed E-state index contributed by atoms with van der Waals surface area (Å²) in [5.74, 6) is -1.99. The Kier molecular flexibility index (Phi) is 4.80. The maximum Gasteiger partial charge on any atom is 0.321 e. The van der Waals surface area contributed by atoms with Crippen LogP contribution in [0.3, 0.4) is 0 Å². The zero-order chi connectivity index (χ0) is 16.7. The molecule has 0 amide bonds. The molecule has 0 bridgehead atoms. The molecule has 2 rings (SSSR count). The van der Waals surface area contributed by atoms with Crippen LogP contribution >= 0.6 is 11.6 Å². The molecule has 0 saturated carbocycles. The number of nitrogens with one attached hydrogen (secondary N) is 1. The number of carboxylic acids is 1. The summed E-state index contributed by atoms with van der Waals surface area (Å²) < 4.78 is 13.6. The van der Waals surface area contributed by atoms with Gasteiger partial charge in [-0.05, 0) is 35.6 Å². The minimum atomic E-state index is -0.989. The van der Waals surface area contributed by atoms with Gasteiger partial charge < -0.3 is 10.8 Å². The first-order valence-electron chi connectivity index (χ1n) is 7.29. The van der Waals surface area contributed by atoms with E-state index < -0.39 is 29.8 Å². The molecule has 0 spiro atoms. The lowest BCUT2D eigenvalue weighted by atomic mass is 9.82. The Labute approximate surface area is 134 Å². The van der Waals surface area contributed by atoms with Crippen molar-refractivity contribution in [3.8, 4) is 0 Å². The molecule has 4 N–H and O–H groups in total. The van der Waals surface area contributed by atoms with Crippen LogP contribution in [0.2, 0.25) is 5.02 Å². The molecule has 2 unspecified atom stereocenters. The van der Waals surface area contributed by atoms with Crippen molar-refractivity contribution in [2.45, 2.75) is 51.2 Å². The first-order valence-corrected chi connectivity index (χ1v) is 7.67. The smallest absolute Gasteiger partial charge is 0.321 e. The average Bonchev–Trinajstić information content (AvgIpc) is 2.63. The zero-order valence-electron chi connectivity index (χ0n) is 12.9. The summed E-state index contributed by atoms with van der Waals surface area (Å²) >= 11 is 5.90. The third-order valence-electron chi connectivity index (χ3n) is 4.00. The van der Waals surface area contributed by atoms with E-state index in [-0.39, 0.29) is 16.5 Å². The number of hydrogen-bond acceptors (Lipinski definition) is 3. The van der Waals surface area contributed by atoms with Gasteiger partial charge in [0.2, 0.25) is 0 Å². The quantitative estimate of drug-likeness (QED) is 0.797. The average molecular weight is 329 g/mol. The molecule has 122 valence electrons. The first-order chi connectivity index (χ1) is 10.1. The topological polar surface area (TPSA) is 75.3 Å². The summed E-state index contributed by atoms with van der Waals surface area (Å²) in [5.41, 5.74) is 6.83. The summed E-state index contributed by atoms with van der Waals surface area (Å²) in [7, 11) is 0. The van der Waals surface area contributed by atoms with Gasteiger partial charge in [-0.3, -0.25) is 10.1 Å². The lowest BCUT2D eigenvalue weighted by molar-refractivity contribution is -0.139. The van der Waals surface area contributed by atoms with Crippen molar-refractivity contribution in [3.05, 3.63) is 34.6 Å². The molecule has 4 atom stereocenters. The standard InChI is InChI=1S/C16H22ClFN2O2/c1-16(2,3)7-11-13(19)12(14(20-11)15(21)22)8-4-9(17)6-10(18)5-8/h4-6,11-14,20H,7,19H2,1-3H3,(H,21,22)/t11-,12+,13?,14?/m0/s1. The molecule has 22 heavy (non-hydrogen) atoms. The third kappa shape index (κ3) is 3.77. The van der Waals surface area contributed by atoms with Gasteiger partial charge in [0, 0.05) is 23.0 Å². The highest BCUT2D eigenvalue weighted by atomic mass is 35.5. The molecule has 0 radical (unpaired) electrons. The van der Waals surface area contributed by atoms with E-state index in [1.807, 2.05) is 0 Å². The molecule has 0 aliphatic carbocycles. The Hall–Kier alpha value is -1.17. The highest BCUT2D eigenvalue weighted by Crippen LogP contribution is 2.36. The summed E-state index contributed by atoms with van der Waals surface area (Å²) in [5, 5.41) is 12.8. The lowest BCUT2D eigenvalue weighted by Crippen LogP contribution is -2.41. The number of aliphatic carboxylic acids is 1. The molecule has 1 aromatic carbocycles. The SMILES string of the molecule is CC(C)(C)C[C@@H]1NC(C(=O)O)[C@H](c2cc(F)cc(Cl)c2)C1N. The van der Waals surface area contributed by atoms with Crippen LogP contribution < -0.4 is 11.1 Å². The minimum absolute atomic E-state index is 0.00676. The number of hydrogen-bond donors (Lipinski definition) is 3. The Morgan fingerprint density at radius 2 is 2.05 bits per heavy atom. The maximum atomic E-state index is 13.6. The van der Waals surface area contributed by atoms with Crippen LogP contribution in [0.4, 0.5) is 4.39 Å². The van der Waals surface area contributed by atoms with E-state index in [0.29, 0.717) is 5.56 Å². The van der Waals surface area contributed by atoms with Crippen molar-refractivity contribution >= 4 is 17.6 Å². The second kappa shape index (κ2) is 6.14. The van der Waals surface area contributed by atoms with Gasteiger partial charge in [0.1, 0.15) is 11.9 Å². The molecule has 1 fully saturated rings. The van der Waals surface area contributed by atoms with Gasteiger partial charge in [-0.25, -0.2) is 4.39 Å². The van der Waals surface area contributed by atoms with Crippen LogP contribution in [-0.4, -0.2) is 29.2 Å². The van der Waals surface area contributed by atoms with Crippen LogP contribution in [0.15, 0.2) is 18.2 Å².